The van der Waals surface area contributed by atoms with Gasteiger partial charge in [0.15, 0.2) is 18.1 Å². The molecule has 3 aromatic rings. The number of esters is 2. The van der Waals surface area contributed by atoms with Crippen molar-refractivity contribution in [3.05, 3.63) is 78.4 Å². The van der Waals surface area contributed by atoms with Crippen molar-refractivity contribution in [3.63, 3.8) is 0 Å². The summed E-state index contributed by atoms with van der Waals surface area (Å²) in [5, 5.41) is 2.60. The summed E-state index contributed by atoms with van der Waals surface area (Å²) in [4.78, 5) is 50.9. The van der Waals surface area contributed by atoms with Crippen molar-refractivity contribution >= 4 is 35.1 Å². The monoisotopic (exact) mass is 546 g/mol. The van der Waals surface area contributed by atoms with Gasteiger partial charge >= 0.3 is 11.9 Å². The minimum Gasteiger partial charge on any atom is -0.493 e. The van der Waals surface area contributed by atoms with Crippen molar-refractivity contribution in [1.29, 1.82) is 0 Å². The third-order valence-corrected chi connectivity index (χ3v) is 6.09. The Morgan fingerprint density at radius 2 is 1.62 bits per heavy atom. The second-order valence-corrected chi connectivity index (χ2v) is 9.02. The number of anilines is 2. The molecule has 40 heavy (non-hydrogen) atoms. The summed E-state index contributed by atoms with van der Waals surface area (Å²) in [7, 11) is 1.56. The molecule has 1 aliphatic heterocycles. The average Bonchev–Trinajstić information content (AvgIpc) is 3.37. The van der Waals surface area contributed by atoms with Crippen LogP contribution in [-0.4, -0.2) is 50.6 Å². The van der Waals surface area contributed by atoms with Crippen LogP contribution in [0.2, 0.25) is 0 Å². The van der Waals surface area contributed by atoms with E-state index in [1.807, 2.05) is 19.1 Å². The molecule has 1 fully saturated rings. The standard InChI is InChI=1S/C30H30N2O8/c1-3-16-38-29(35)20-8-10-22(11-9-20)31-27(33)19-39-30(36)21-17-28(34)32(18-21)23-12-14-24(15-13-23)40-26-7-5-4-6-25(26)37-2/h4-15,21H,3,16-19H2,1-2H3,(H,31,33)/t21-/m0/s1. The zero-order valence-corrected chi connectivity index (χ0v) is 22.3. The number of carbonyl (C=O) groups excluding carboxylic acids is 4. The lowest BCUT2D eigenvalue weighted by Gasteiger charge is -2.17. The number of hydrogen-bond donors (Lipinski definition) is 1. The Kier molecular flexibility index (Phi) is 9.35. The highest BCUT2D eigenvalue weighted by molar-refractivity contribution is 6.00. The van der Waals surface area contributed by atoms with Crippen LogP contribution in [0.5, 0.6) is 17.2 Å². The number of ether oxygens (including phenoxy) is 4. The molecule has 0 saturated carbocycles. The topological polar surface area (TPSA) is 120 Å². The number of methoxy groups -OCH3 is 1. The quantitative estimate of drug-likeness (QED) is 0.347. The molecule has 0 bridgehead atoms. The molecule has 208 valence electrons. The van der Waals surface area contributed by atoms with Gasteiger partial charge in [-0.15, -0.1) is 0 Å². The molecule has 0 aromatic heterocycles. The van der Waals surface area contributed by atoms with E-state index < -0.39 is 30.4 Å². The Morgan fingerprint density at radius 1 is 0.925 bits per heavy atom. The predicted octanol–water partition coefficient (Wildman–Crippen LogP) is 4.59. The van der Waals surface area contributed by atoms with Gasteiger partial charge in [-0.05, 0) is 67.1 Å². The summed E-state index contributed by atoms with van der Waals surface area (Å²) in [5.74, 6) is -0.804. The molecule has 2 amide bonds. The summed E-state index contributed by atoms with van der Waals surface area (Å²) in [6.45, 7) is 1.87. The van der Waals surface area contributed by atoms with Crippen molar-refractivity contribution in [2.24, 2.45) is 5.92 Å². The summed E-state index contributed by atoms with van der Waals surface area (Å²) in [5.41, 5.74) is 1.42. The number of nitrogens with zero attached hydrogens (tertiary/aromatic N) is 1. The van der Waals surface area contributed by atoms with E-state index in [1.165, 1.54) is 17.0 Å². The lowest BCUT2D eigenvalue weighted by Crippen LogP contribution is -2.28. The molecule has 1 heterocycles. The smallest absolute Gasteiger partial charge is 0.338 e. The molecule has 1 aliphatic rings. The molecule has 10 nitrogen and oxygen atoms in total. The van der Waals surface area contributed by atoms with E-state index in [1.54, 1.807) is 55.6 Å². The van der Waals surface area contributed by atoms with Crippen molar-refractivity contribution < 1.29 is 38.1 Å². The fourth-order valence-corrected chi connectivity index (χ4v) is 4.06. The second kappa shape index (κ2) is 13.3. The molecule has 4 rings (SSSR count). The Bertz CT molecular complexity index is 1350. The van der Waals surface area contributed by atoms with Crippen LogP contribution in [-0.2, 0) is 23.9 Å². The van der Waals surface area contributed by atoms with Crippen molar-refractivity contribution in [3.8, 4) is 17.2 Å². The minimum atomic E-state index is -0.696. The lowest BCUT2D eigenvalue weighted by atomic mass is 10.1. The Morgan fingerprint density at radius 3 is 2.30 bits per heavy atom. The lowest BCUT2D eigenvalue weighted by molar-refractivity contribution is -0.151. The maximum atomic E-state index is 12.6. The van der Waals surface area contributed by atoms with E-state index in [0.29, 0.717) is 40.8 Å². The highest BCUT2D eigenvalue weighted by Gasteiger charge is 2.36. The van der Waals surface area contributed by atoms with Crippen LogP contribution in [0.25, 0.3) is 0 Å². The predicted molar refractivity (Wildman–Crippen MR) is 147 cm³/mol. The molecule has 1 atom stereocenters. The molecule has 0 spiro atoms. The number of hydrogen-bond acceptors (Lipinski definition) is 8. The van der Waals surface area contributed by atoms with Crippen LogP contribution in [0, 0.1) is 5.92 Å². The number of benzene rings is 3. The summed E-state index contributed by atoms with van der Waals surface area (Å²) < 4.78 is 21.4. The fraction of sp³-hybridized carbons (Fsp3) is 0.267. The van der Waals surface area contributed by atoms with Crippen LogP contribution < -0.4 is 19.7 Å². The van der Waals surface area contributed by atoms with Crippen LogP contribution in [0.4, 0.5) is 11.4 Å². The van der Waals surface area contributed by atoms with Gasteiger partial charge in [-0.2, -0.15) is 0 Å². The number of carbonyl (C=O) groups is 4. The third kappa shape index (κ3) is 7.16. The SMILES string of the molecule is CCCOC(=O)c1ccc(NC(=O)COC(=O)[C@H]2CC(=O)N(c3ccc(Oc4ccccc4OC)cc3)C2)cc1. The molecular weight excluding hydrogens is 516 g/mol. The normalized spacial score (nSPS) is 14.4. The van der Waals surface area contributed by atoms with E-state index in [2.05, 4.69) is 5.32 Å². The zero-order valence-electron chi connectivity index (χ0n) is 22.3. The maximum absolute atomic E-state index is 12.6. The van der Waals surface area contributed by atoms with E-state index in [9.17, 15) is 19.2 Å². The van der Waals surface area contributed by atoms with E-state index in [-0.39, 0.29) is 18.9 Å². The van der Waals surface area contributed by atoms with Gasteiger partial charge in [0.25, 0.3) is 5.91 Å². The second-order valence-electron chi connectivity index (χ2n) is 9.02. The van der Waals surface area contributed by atoms with E-state index in [4.69, 9.17) is 18.9 Å². The molecular formula is C30H30N2O8. The Hall–Kier alpha value is -4.86. The van der Waals surface area contributed by atoms with E-state index >= 15 is 0 Å². The molecule has 0 aliphatic carbocycles. The van der Waals surface area contributed by atoms with Crippen LogP contribution in [0.1, 0.15) is 30.1 Å². The third-order valence-electron chi connectivity index (χ3n) is 6.09. The van der Waals surface area contributed by atoms with Gasteiger partial charge in [0.05, 0.1) is 25.2 Å². The van der Waals surface area contributed by atoms with Gasteiger partial charge < -0.3 is 29.2 Å². The van der Waals surface area contributed by atoms with Crippen molar-refractivity contribution in [1.82, 2.24) is 0 Å². The van der Waals surface area contributed by atoms with Crippen molar-refractivity contribution in [2.75, 3.05) is 37.1 Å². The first kappa shape index (κ1) is 28.2. The number of nitrogens with one attached hydrogen (secondary N) is 1. The maximum Gasteiger partial charge on any atom is 0.338 e. The van der Waals surface area contributed by atoms with Crippen LogP contribution in [0.3, 0.4) is 0 Å². The molecule has 1 N–H and O–H groups in total. The first-order chi connectivity index (χ1) is 19.4. The Balaban J connectivity index is 1.25. The first-order valence-corrected chi connectivity index (χ1v) is 12.8. The van der Waals surface area contributed by atoms with Crippen LogP contribution in [0.15, 0.2) is 72.8 Å². The first-order valence-electron chi connectivity index (χ1n) is 12.8. The van der Waals surface area contributed by atoms with Gasteiger partial charge in [-0.25, -0.2) is 4.79 Å². The van der Waals surface area contributed by atoms with Crippen molar-refractivity contribution in [2.45, 2.75) is 19.8 Å². The van der Waals surface area contributed by atoms with Gasteiger partial charge in [0, 0.05) is 24.3 Å². The zero-order chi connectivity index (χ0) is 28.5. The fourth-order valence-electron chi connectivity index (χ4n) is 4.06. The van der Waals surface area contributed by atoms with Gasteiger partial charge in [0.2, 0.25) is 5.91 Å². The Labute approximate surface area is 231 Å². The highest BCUT2D eigenvalue weighted by Crippen LogP contribution is 2.33. The molecule has 3 aromatic carbocycles. The highest BCUT2D eigenvalue weighted by atomic mass is 16.5. The number of rotatable bonds is 11. The molecule has 0 unspecified atom stereocenters. The number of para-hydroxylation sites is 2. The largest absolute Gasteiger partial charge is 0.493 e. The summed E-state index contributed by atoms with van der Waals surface area (Å²) in [6, 6.07) is 20.4. The average molecular weight is 547 g/mol. The molecule has 1 saturated heterocycles. The van der Waals surface area contributed by atoms with Gasteiger partial charge in [0.1, 0.15) is 5.75 Å². The summed E-state index contributed by atoms with van der Waals surface area (Å²) in [6.07, 6.45) is 0.704. The molecule has 0 radical (unpaired) electrons. The minimum absolute atomic E-state index is 0.0183. The number of amides is 2. The van der Waals surface area contributed by atoms with Gasteiger partial charge in [-0.3, -0.25) is 14.4 Å². The molecule has 10 heteroatoms. The van der Waals surface area contributed by atoms with E-state index in [0.717, 1.165) is 6.42 Å². The van der Waals surface area contributed by atoms with Crippen LogP contribution >= 0.6 is 0 Å². The summed E-state index contributed by atoms with van der Waals surface area (Å²) >= 11 is 0. The van der Waals surface area contributed by atoms with Gasteiger partial charge in [-0.1, -0.05) is 19.1 Å².